The Kier molecular flexibility index (Phi) is 3.54. The van der Waals surface area contributed by atoms with Gasteiger partial charge in [-0.25, -0.2) is 9.97 Å². The standard InChI is InChI=1S/C22H14N6S/c1-2-11-23-14(6-1)15-9-10-17-20(24-15)21(28-27-17)22-25-16-7-3-5-13(19(16)26-22)18-8-4-12-29-18/h1-12H,(H,25,26)(H,27,28). The molecule has 0 spiro atoms. The average Bonchev–Trinajstić information content (AvgIpc) is 3.52. The second kappa shape index (κ2) is 6.35. The van der Waals surface area contributed by atoms with Crippen molar-refractivity contribution in [3.8, 4) is 33.3 Å². The molecular weight excluding hydrogens is 380 g/mol. The minimum absolute atomic E-state index is 0.695. The molecule has 1 aromatic carbocycles. The summed E-state index contributed by atoms with van der Waals surface area (Å²) >= 11 is 1.70. The number of aromatic amines is 2. The first kappa shape index (κ1) is 16.1. The molecule has 0 aliphatic carbocycles. The fraction of sp³-hybridized carbons (Fsp3) is 0. The highest BCUT2D eigenvalue weighted by Crippen LogP contribution is 2.33. The lowest BCUT2D eigenvalue weighted by Crippen LogP contribution is -1.88. The van der Waals surface area contributed by atoms with E-state index in [1.54, 1.807) is 17.5 Å². The number of nitrogens with zero attached hydrogens (tertiary/aromatic N) is 4. The van der Waals surface area contributed by atoms with E-state index in [-0.39, 0.29) is 0 Å². The van der Waals surface area contributed by atoms with Gasteiger partial charge in [0.25, 0.3) is 0 Å². The smallest absolute Gasteiger partial charge is 0.161 e. The Morgan fingerprint density at radius 2 is 1.76 bits per heavy atom. The molecule has 0 saturated carbocycles. The largest absolute Gasteiger partial charge is 0.336 e. The van der Waals surface area contributed by atoms with Crippen molar-refractivity contribution < 1.29 is 0 Å². The molecule has 0 unspecified atom stereocenters. The van der Waals surface area contributed by atoms with Gasteiger partial charge in [-0.05, 0) is 41.8 Å². The summed E-state index contributed by atoms with van der Waals surface area (Å²) in [6, 6.07) is 20.0. The molecule has 6 rings (SSSR count). The van der Waals surface area contributed by atoms with Crippen LogP contribution in [-0.2, 0) is 0 Å². The van der Waals surface area contributed by atoms with Crippen LogP contribution in [0.2, 0.25) is 0 Å². The lowest BCUT2D eigenvalue weighted by molar-refractivity contribution is 1.10. The van der Waals surface area contributed by atoms with E-state index in [0.29, 0.717) is 11.5 Å². The number of nitrogens with one attached hydrogen (secondary N) is 2. The van der Waals surface area contributed by atoms with Gasteiger partial charge in [0.05, 0.1) is 27.9 Å². The predicted molar refractivity (Wildman–Crippen MR) is 116 cm³/mol. The van der Waals surface area contributed by atoms with E-state index in [2.05, 4.69) is 43.7 Å². The SMILES string of the molecule is c1ccc(-c2ccc3[nH]nc(-c4nc5c(-c6cccs6)cccc5[nH]4)c3n2)nc1. The first-order chi connectivity index (χ1) is 14.4. The number of H-pyrrole nitrogens is 2. The van der Waals surface area contributed by atoms with Crippen LogP contribution in [-0.4, -0.2) is 30.1 Å². The number of rotatable bonds is 3. The van der Waals surface area contributed by atoms with Gasteiger partial charge in [-0.1, -0.05) is 24.3 Å². The zero-order chi connectivity index (χ0) is 19.2. The van der Waals surface area contributed by atoms with Crippen molar-refractivity contribution in [2.45, 2.75) is 0 Å². The summed E-state index contributed by atoms with van der Waals surface area (Å²) in [6.45, 7) is 0. The Morgan fingerprint density at radius 3 is 2.62 bits per heavy atom. The van der Waals surface area contributed by atoms with E-state index in [1.165, 1.54) is 4.88 Å². The molecule has 5 aromatic heterocycles. The van der Waals surface area contributed by atoms with Crippen molar-refractivity contribution in [2.75, 3.05) is 0 Å². The second-order valence-electron chi connectivity index (χ2n) is 6.64. The minimum Gasteiger partial charge on any atom is -0.336 e. The van der Waals surface area contributed by atoms with Crippen molar-refractivity contribution >= 4 is 33.4 Å². The number of aromatic nitrogens is 6. The highest BCUT2D eigenvalue weighted by molar-refractivity contribution is 7.13. The first-order valence-corrected chi connectivity index (χ1v) is 10.0. The maximum absolute atomic E-state index is 4.88. The number of benzene rings is 1. The van der Waals surface area contributed by atoms with Gasteiger partial charge in [0, 0.05) is 16.6 Å². The first-order valence-electron chi connectivity index (χ1n) is 9.16. The summed E-state index contributed by atoms with van der Waals surface area (Å²) < 4.78 is 0. The third-order valence-electron chi connectivity index (χ3n) is 4.86. The van der Waals surface area contributed by atoms with Crippen molar-refractivity contribution in [1.29, 1.82) is 0 Å². The van der Waals surface area contributed by atoms with E-state index in [0.717, 1.165) is 39.0 Å². The van der Waals surface area contributed by atoms with Crippen LogP contribution in [0.4, 0.5) is 0 Å². The lowest BCUT2D eigenvalue weighted by atomic mass is 10.1. The zero-order valence-corrected chi connectivity index (χ0v) is 15.9. The molecule has 2 N–H and O–H groups in total. The number of fused-ring (bicyclic) bond motifs is 2. The molecular formula is C22H14N6S. The van der Waals surface area contributed by atoms with Gasteiger partial charge in [-0.2, -0.15) is 5.10 Å². The van der Waals surface area contributed by atoms with Crippen LogP contribution in [0.3, 0.4) is 0 Å². The van der Waals surface area contributed by atoms with E-state index in [9.17, 15) is 0 Å². The van der Waals surface area contributed by atoms with Crippen molar-refractivity contribution in [2.24, 2.45) is 0 Å². The molecule has 5 heterocycles. The molecule has 0 atom stereocenters. The van der Waals surface area contributed by atoms with Crippen LogP contribution in [0.5, 0.6) is 0 Å². The van der Waals surface area contributed by atoms with E-state index in [1.807, 2.05) is 42.5 Å². The number of imidazole rings is 1. The number of thiophene rings is 1. The molecule has 0 amide bonds. The average molecular weight is 394 g/mol. The Morgan fingerprint density at radius 1 is 0.759 bits per heavy atom. The molecule has 0 saturated heterocycles. The Labute approximate surface area is 169 Å². The van der Waals surface area contributed by atoms with Crippen LogP contribution in [0.25, 0.3) is 55.4 Å². The van der Waals surface area contributed by atoms with Crippen LogP contribution in [0.1, 0.15) is 0 Å². The molecule has 0 aliphatic rings. The van der Waals surface area contributed by atoms with Gasteiger partial charge < -0.3 is 4.98 Å². The quantitative estimate of drug-likeness (QED) is 0.427. The monoisotopic (exact) mass is 394 g/mol. The molecule has 0 bridgehead atoms. The molecule has 7 heteroatoms. The highest BCUT2D eigenvalue weighted by atomic mass is 32.1. The Bertz CT molecular complexity index is 1450. The minimum atomic E-state index is 0.695. The third-order valence-corrected chi connectivity index (χ3v) is 5.76. The van der Waals surface area contributed by atoms with Crippen LogP contribution < -0.4 is 0 Å². The lowest BCUT2D eigenvalue weighted by Gasteiger charge is -2.00. The van der Waals surface area contributed by atoms with Gasteiger partial charge in [-0.15, -0.1) is 11.3 Å². The van der Waals surface area contributed by atoms with Gasteiger partial charge in [0.1, 0.15) is 5.52 Å². The molecule has 6 nitrogen and oxygen atoms in total. The van der Waals surface area contributed by atoms with Crippen LogP contribution in [0.15, 0.2) is 72.2 Å². The Hall–Kier alpha value is -3.84. The van der Waals surface area contributed by atoms with E-state index >= 15 is 0 Å². The second-order valence-corrected chi connectivity index (χ2v) is 7.59. The number of hydrogen-bond acceptors (Lipinski definition) is 5. The van der Waals surface area contributed by atoms with Gasteiger partial charge >= 0.3 is 0 Å². The predicted octanol–water partition coefficient (Wildman–Crippen LogP) is 5.29. The van der Waals surface area contributed by atoms with Crippen molar-refractivity contribution in [3.63, 3.8) is 0 Å². The molecule has 0 radical (unpaired) electrons. The fourth-order valence-electron chi connectivity index (χ4n) is 3.50. The number of hydrogen-bond donors (Lipinski definition) is 2. The summed E-state index contributed by atoms with van der Waals surface area (Å²) in [6.07, 6.45) is 1.77. The summed E-state index contributed by atoms with van der Waals surface area (Å²) in [4.78, 5) is 18.7. The maximum atomic E-state index is 4.88. The molecule has 0 fully saturated rings. The Balaban J connectivity index is 1.53. The maximum Gasteiger partial charge on any atom is 0.161 e. The molecule has 138 valence electrons. The molecule has 0 aliphatic heterocycles. The zero-order valence-electron chi connectivity index (χ0n) is 15.1. The summed E-state index contributed by atoms with van der Waals surface area (Å²) in [5.41, 5.74) is 6.98. The topological polar surface area (TPSA) is 83.1 Å². The molecule has 29 heavy (non-hydrogen) atoms. The number of pyridine rings is 2. The summed E-state index contributed by atoms with van der Waals surface area (Å²) in [5, 5.41) is 9.63. The van der Waals surface area contributed by atoms with Gasteiger partial charge in [-0.3, -0.25) is 10.1 Å². The van der Waals surface area contributed by atoms with E-state index < -0.39 is 0 Å². The van der Waals surface area contributed by atoms with Gasteiger partial charge in [0.2, 0.25) is 0 Å². The van der Waals surface area contributed by atoms with E-state index in [4.69, 9.17) is 9.97 Å². The molecule has 6 aromatic rings. The normalized spacial score (nSPS) is 11.4. The van der Waals surface area contributed by atoms with Crippen LogP contribution >= 0.6 is 11.3 Å². The van der Waals surface area contributed by atoms with Crippen LogP contribution in [0, 0.1) is 0 Å². The van der Waals surface area contributed by atoms with Crippen molar-refractivity contribution in [1.82, 2.24) is 30.1 Å². The highest BCUT2D eigenvalue weighted by Gasteiger charge is 2.17. The van der Waals surface area contributed by atoms with Gasteiger partial charge in [0.15, 0.2) is 11.5 Å². The van der Waals surface area contributed by atoms with Crippen molar-refractivity contribution in [3.05, 3.63) is 72.2 Å². The number of para-hydroxylation sites is 1. The fourth-order valence-corrected chi connectivity index (χ4v) is 4.25. The summed E-state index contributed by atoms with van der Waals surface area (Å²) in [7, 11) is 0. The summed E-state index contributed by atoms with van der Waals surface area (Å²) in [5.74, 6) is 0.695. The third kappa shape index (κ3) is 2.63.